The average molecular weight is 463 g/mol. The summed E-state index contributed by atoms with van der Waals surface area (Å²) in [5, 5.41) is 9.31. The monoisotopic (exact) mass is 462 g/mol. The molecule has 0 aromatic heterocycles. The summed E-state index contributed by atoms with van der Waals surface area (Å²) in [5.41, 5.74) is 0.399. The number of carbonyl (C=O) groups is 2. The Labute approximate surface area is 194 Å². The third kappa shape index (κ3) is 5.60. The number of β-amino-alcohol motifs (C(OH)–C–C–N with tert-alkyl or cyclic N) is 1. The Morgan fingerprint density at radius 1 is 1.18 bits per heavy atom. The number of ether oxygens (including phenoxy) is 2. The molecule has 2 amide bonds. The second kappa shape index (κ2) is 9.87. The number of aliphatic hydroxyl groups is 1. The van der Waals surface area contributed by atoms with Crippen LogP contribution in [0.5, 0.6) is 5.75 Å². The lowest BCUT2D eigenvalue weighted by molar-refractivity contribution is -0.0203. The van der Waals surface area contributed by atoms with Gasteiger partial charge in [0.25, 0.3) is 5.91 Å². The maximum Gasteiger partial charge on any atom is 0.410 e. The van der Waals surface area contributed by atoms with Crippen LogP contribution in [0.3, 0.4) is 0 Å². The van der Waals surface area contributed by atoms with Gasteiger partial charge in [0.1, 0.15) is 11.6 Å². The highest BCUT2D eigenvalue weighted by molar-refractivity contribution is 5.95. The molecule has 0 bridgehead atoms. The van der Waals surface area contributed by atoms with E-state index in [1.807, 2.05) is 18.7 Å². The number of benzene rings is 1. The molecule has 4 rings (SSSR count). The van der Waals surface area contributed by atoms with Gasteiger partial charge in [0.15, 0.2) is 0 Å². The number of likely N-dealkylation sites (tertiary alicyclic amines) is 2. The van der Waals surface area contributed by atoms with Crippen molar-refractivity contribution < 1.29 is 28.6 Å². The summed E-state index contributed by atoms with van der Waals surface area (Å²) in [7, 11) is 0. The highest BCUT2D eigenvalue weighted by Gasteiger charge is 2.46. The lowest BCUT2D eigenvalue weighted by atomic mass is 9.56. The standard InChI is InChI=1S/C25H35FN2O5/c1-17(2)33-24(31)27-9-7-25(8-10-27)13-18(14-25)4-3-11-32-20-5-6-21(22(26)12-20)23(30)28-15-19(29)16-28/h5-6,12,17-19,29H,3-4,7-11,13-16H2,1-2H3. The zero-order chi connectivity index (χ0) is 23.6. The van der Waals surface area contributed by atoms with E-state index in [1.165, 1.54) is 29.9 Å². The summed E-state index contributed by atoms with van der Waals surface area (Å²) in [6.45, 7) is 6.33. The molecule has 0 radical (unpaired) electrons. The van der Waals surface area contributed by atoms with Gasteiger partial charge in [0.05, 0.1) is 24.4 Å². The molecule has 2 aliphatic heterocycles. The second-order valence-electron chi connectivity index (χ2n) is 10.2. The van der Waals surface area contributed by atoms with E-state index in [0.717, 1.165) is 38.8 Å². The lowest BCUT2D eigenvalue weighted by Crippen LogP contribution is -2.53. The van der Waals surface area contributed by atoms with Crippen molar-refractivity contribution in [2.45, 2.75) is 64.6 Å². The molecular formula is C25H35FN2O5. The number of halogens is 1. The minimum absolute atomic E-state index is 0.0116. The number of nitrogens with zero attached hydrogens (tertiary/aromatic N) is 2. The van der Waals surface area contributed by atoms with E-state index < -0.39 is 17.8 Å². The topological polar surface area (TPSA) is 79.3 Å². The molecule has 1 aromatic carbocycles. The first-order valence-corrected chi connectivity index (χ1v) is 12.1. The maximum absolute atomic E-state index is 14.3. The lowest BCUT2D eigenvalue weighted by Gasteiger charge is -2.52. The number of carbonyl (C=O) groups excluding carboxylic acids is 2. The van der Waals surface area contributed by atoms with Crippen LogP contribution in [-0.2, 0) is 4.74 Å². The van der Waals surface area contributed by atoms with E-state index in [4.69, 9.17) is 9.47 Å². The molecule has 8 heteroatoms. The van der Waals surface area contributed by atoms with Gasteiger partial charge < -0.3 is 24.4 Å². The van der Waals surface area contributed by atoms with E-state index in [0.29, 0.717) is 23.7 Å². The summed E-state index contributed by atoms with van der Waals surface area (Å²) in [6, 6.07) is 4.35. The van der Waals surface area contributed by atoms with Crippen LogP contribution < -0.4 is 4.74 Å². The van der Waals surface area contributed by atoms with E-state index in [-0.39, 0.29) is 30.9 Å². The van der Waals surface area contributed by atoms with Crippen molar-refractivity contribution >= 4 is 12.0 Å². The highest BCUT2D eigenvalue weighted by atomic mass is 19.1. The van der Waals surface area contributed by atoms with Crippen molar-refractivity contribution in [2.24, 2.45) is 11.3 Å². The smallest absolute Gasteiger partial charge is 0.410 e. The van der Waals surface area contributed by atoms with E-state index in [1.54, 1.807) is 6.07 Å². The first-order valence-electron chi connectivity index (χ1n) is 12.1. The number of amides is 2. The molecule has 1 saturated carbocycles. The normalized spacial score (nSPS) is 20.5. The Morgan fingerprint density at radius 2 is 1.88 bits per heavy atom. The Hall–Kier alpha value is -2.35. The van der Waals surface area contributed by atoms with Crippen molar-refractivity contribution in [1.29, 1.82) is 0 Å². The highest BCUT2D eigenvalue weighted by Crippen LogP contribution is 2.54. The zero-order valence-corrected chi connectivity index (χ0v) is 19.6. The first kappa shape index (κ1) is 23.8. The van der Waals surface area contributed by atoms with Gasteiger partial charge in [-0.1, -0.05) is 0 Å². The summed E-state index contributed by atoms with van der Waals surface area (Å²) in [4.78, 5) is 27.5. The fourth-order valence-corrected chi connectivity index (χ4v) is 5.33. The van der Waals surface area contributed by atoms with Crippen LogP contribution in [0.1, 0.15) is 62.7 Å². The first-order chi connectivity index (χ1) is 15.7. The average Bonchev–Trinajstić information content (AvgIpc) is 2.72. The molecule has 182 valence electrons. The largest absolute Gasteiger partial charge is 0.493 e. The molecule has 1 aromatic rings. The van der Waals surface area contributed by atoms with Gasteiger partial charge in [-0.3, -0.25) is 4.79 Å². The van der Waals surface area contributed by atoms with Crippen LogP contribution in [0.25, 0.3) is 0 Å². The molecule has 1 spiro atoms. The molecule has 1 aliphatic carbocycles. The number of hydrogen-bond donors (Lipinski definition) is 1. The van der Waals surface area contributed by atoms with Crippen molar-refractivity contribution in [2.75, 3.05) is 32.8 Å². The molecule has 3 aliphatic rings. The predicted molar refractivity (Wildman–Crippen MR) is 121 cm³/mol. The summed E-state index contributed by atoms with van der Waals surface area (Å²) < 4.78 is 25.3. The third-order valence-electron chi connectivity index (χ3n) is 7.21. The van der Waals surface area contributed by atoms with Crippen molar-refractivity contribution in [3.63, 3.8) is 0 Å². The molecule has 7 nitrogen and oxygen atoms in total. The van der Waals surface area contributed by atoms with E-state index in [9.17, 15) is 19.1 Å². The number of piperidine rings is 1. The summed E-state index contributed by atoms with van der Waals surface area (Å²) in [6.07, 6.45) is 5.71. The minimum Gasteiger partial charge on any atom is -0.493 e. The second-order valence-corrected chi connectivity index (χ2v) is 10.2. The molecule has 2 heterocycles. The molecular weight excluding hydrogens is 427 g/mol. The van der Waals surface area contributed by atoms with E-state index >= 15 is 0 Å². The van der Waals surface area contributed by atoms with Gasteiger partial charge in [-0.15, -0.1) is 0 Å². The van der Waals surface area contributed by atoms with Gasteiger partial charge in [0.2, 0.25) is 0 Å². The number of aliphatic hydroxyl groups excluding tert-OH is 1. The zero-order valence-electron chi connectivity index (χ0n) is 19.6. The molecule has 0 unspecified atom stereocenters. The third-order valence-corrected chi connectivity index (χ3v) is 7.21. The van der Waals surface area contributed by atoms with Crippen LogP contribution >= 0.6 is 0 Å². The quantitative estimate of drug-likeness (QED) is 0.623. The van der Waals surface area contributed by atoms with Crippen LogP contribution in [0.4, 0.5) is 9.18 Å². The number of rotatable bonds is 7. The van der Waals surface area contributed by atoms with Crippen LogP contribution in [-0.4, -0.2) is 71.9 Å². The molecule has 0 atom stereocenters. The number of hydrogen-bond acceptors (Lipinski definition) is 5. The maximum atomic E-state index is 14.3. The minimum atomic E-state index is -0.594. The fourth-order valence-electron chi connectivity index (χ4n) is 5.33. The Bertz CT molecular complexity index is 854. The Balaban J connectivity index is 1.13. The van der Waals surface area contributed by atoms with Crippen molar-refractivity contribution in [3.05, 3.63) is 29.6 Å². The molecule has 3 fully saturated rings. The van der Waals surface area contributed by atoms with Gasteiger partial charge in [-0.05, 0) is 75.8 Å². The van der Waals surface area contributed by atoms with Gasteiger partial charge >= 0.3 is 6.09 Å². The van der Waals surface area contributed by atoms with Crippen molar-refractivity contribution in [3.8, 4) is 5.75 Å². The van der Waals surface area contributed by atoms with Crippen LogP contribution in [0.2, 0.25) is 0 Å². The van der Waals surface area contributed by atoms with E-state index in [2.05, 4.69) is 0 Å². The predicted octanol–water partition coefficient (Wildman–Crippen LogP) is 3.84. The summed E-state index contributed by atoms with van der Waals surface area (Å²) >= 11 is 0. The Morgan fingerprint density at radius 3 is 2.48 bits per heavy atom. The molecule has 2 saturated heterocycles. The van der Waals surface area contributed by atoms with Crippen LogP contribution in [0.15, 0.2) is 18.2 Å². The fraction of sp³-hybridized carbons (Fsp3) is 0.680. The summed E-state index contributed by atoms with van der Waals surface area (Å²) in [5.74, 6) is 0.124. The van der Waals surface area contributed by atoms with Gasteiger partial charge in [-0.2, -0.15) is 0 Å². The van der Waals surface area contributed by atoms with Gasteiger partial charge in [0, 0.05) is 32.2 Å². The Kier molecular flexibility index (Phi) is 7.12. The van der Waals surface area contributed by atoms with Gasteiger partial charge in [-0.25, -0.2) is 9.18 Å². The molecule has 1 N–H and O–H groups in total. The molecule has 33 heavy (non-hydrogen) atoms. The van der Waals surface area contributed by atoms with Crippen molar-refractivity contribution in [1.82, 2.24) is 9.80 Å². The van der Waals surface area contributed by atoms with Crippen LogP contribution in [0, 0.1) is 17.2 Å². The SMILES string of the molecule is CC(C)OC(=O)N1CCC2(CC1)CC(CCCOc1ccc(C(=O)N3CC(O)C3)c(F)c1)C2.